The van der Waals surface area contributed by atoms with Crippen molar-refractivity contribution in [3.8, 4) is 11.4 Å². The van der Waals surface area contributed by atoms with E-state index < -0.39 is 0 Å². The monoisotopic (exact) mass is 392 g/mol. The molecule has 4 rings (SSSR count). The van der Waals surface area contributed by atoms with Gasteiger partial charge in [0.1, 0.15) is 5.82 Å². The van der Waals surface area contributed by atoms with Gasteiger partial charge in [-0.25, -0.2) is 4.98 Å². The second kappa shape index (κ2) is 8.71. The van der Waals surface area contributed by atoms with Gasteiger partial charge in [-0.3, -0.25) is 14.7 Å². The van der Waals surface area contributed by atoms with Crippen molar-refractivity contribution in [3.63, 3.8) is 0 Å². The number of hydrogen-bond acceptors (Lipinski definition) is 5. The highest BCUT2D eigenvalue weighted by molar-refractivity contribution is 7.98. The quantitative estimate of drug-likeness (QED) is 0.667. The first-order valence-corrected chi connectivity index (χ1v) is 10.8. The van der Waals surface area contributed by atoms with Crippen molar-refractivity contribution in [3.05, 3.63) is 76.5 Å². The Morgan fingerprint density at radius 2 is 1.96 bits per heavy atom. The molecule has 1 aliphatic heterocycles. The van der Waals surface area contributed by atoms with Gasteiger partial charge in [0.2, 0.25) is 0 Å². The zero-order valence-electron chi connectivity index (χ0n) is 16.0. The van der Waals surface area contributed by atoms with Crippen LogP contribution in [0.5, 0.6) is 0 Å². The van der Waals surface area contributed by atoms with Crippen LogP contribution in [-0.4, -0.2) is 39.2 Å². The maximum atomic E-state index is 12.2. The SMILES string of the molecule is CSc1ccc(CN2CCC(c3cc(=O)[nH]c(-c4cccnc4)n3)CC2)cc1. The van der Waals surface area contributed by atoms with Gasteiger partial charge in [-0.1, -0.05) is 12.1 Å². The number of thioether (sulfide) groups is 1. The highest BCUT2D eigenvalue weighted by atomic mass is 32.2. The summed E-state index contributed by atoms with van der Waals surface area (Å²) >= 11 is 1.77. The number of aromatic amines is 1. The molecule has 28 heavy (non-hydrogen) atoms. The first-order valence-electron chi connectivity index (χ1n) is 9.58. The summed E-state index contributed by atoms with van der Waals surface area (Å²) in [4.78, 5) is 27.6. The second-order valence-corrected chi connectivity index (χ2v) is 8.04. The number of nitrogens with one attached hydrogen (secondary N) is 1. The zero-order valence-corrected chi connectivity index (χ0v) is 16.8. The molecule has 1 saturated heterocycles. The molecule has 0 bridgehead atoms. The Labute approximate surface area is 169 Å². The normalized spacial score (nSPS) is 15.6. The van der Waals surface area contributed by atoms with Crippen LogP contribution >= 0.6 is 11.8 Å². The van der Waals surface area contributed by atoms with Gasteiger partial charge in [0.05, 0.1) is 5.69 Å². The number of hydrogen-bond donors (Lipinski definition) is 1. The van der Waals surface area contributed by atoms with E-state index in [1.165, 1.54) is 10.5 Å². The number of likely N-dealkylation sites (tertiary alicyclic amines) is 1. The summed E-state index contributed by atoms with van der Waals surface area (Å²) in [5.74, 6) is 0.930. The second-order valence-electron chi connectivity index (χ2n) is 7.16. The van der Waals surface area contributed by atoms with E-state index in [9.17, 15) is 4.79 Å². The number of piperidine rings is 1. The third-order valence-electron chi connectivity index (χ3n) is 5.27. The van der Waals surface area contributed by atoms with Crippen LogP contribution in [0.15, 0.2) is 64.5 Å². The molecule has 0 radical (unpaired) electrons. The van der Waals surface area contributed by atoms with Gasteiger partial charge in [-0.05, 0) is 62.0 Å². The van der Waals surface area contributed by atoms with E-state index in [1.54, 1.807) is 30.2 Å². The highest BCUT2D eigenvalue weighted by Gasteiger charge is 2.22. The number of aromatic nitrogens is 3. The van der Waals surface area contributed by atoms with Gasteiger partial charge in [-0.2, -0.15) is 0 Å². The summed E-state index contributed by atoms with van der Waals surface area (Å²) in [5.41, 5.74) is 2.99. The number of nitrogens with zero attached hydrogens (tertiary/aromatic N) is 3. The van der Waals surface area contributed by atoms with Crippen LogP contribution in [0, 0.1) is 0 Å². The Balaban J connectivity index is 1.42. The maximum absolute atomic E-state index is 12.2. The van der Waals surface area contributed by atoms with Crippen LogP contribution in [0.4, 0.5) is 0 Å². The first-order chi connectivity index (χ1) is 13.7. The summed E-state index contributed by atoms with van der Waals surface area (Å²) in [5, 5.41) is 0. The molecule has 1 N–H and O–H groups in total. The van der Waals surface area contributed by atoms with Crippen LogP contribution in [-0.2, 0) is 6.54 Å². The van der Waals surface area contributed by atoms with Crippen molar-refractivity contribution in [1.29, 1.82) is 0 Å². The molecule has 0 spiro atoms. The largest absolute Gasteiger partial charge is 0.306 e. The lowest BCUT2D eigenvalue weighted by Gasteiger charge is -2.31. The lowest BCUT2D eigenvalue weighted by atomic mass is 9.93. The predicted octanol–water partition coefficient (Wildman–Crippen LogP) is 3.93. The number of pyridine rings is 1. The molecule has 3 heterocycles. The average molecular weight is 393 g/mol. The van der Waals surface area contributed by atoms with E-state index in [0.29, 0.717) is 11.7 Å². The molecule has 0 amide bonds. The Kier molecular flexibility index (Phi) is 5.88. The lowest BCUT2D eigenvalue weighted by Crippen LogP contribution is -2.33. The standard InChI is InChI=1S/C22H24N4OS/c1-28-19-6-4-16(5-7-19)15-26-11-8-17(9-12-26)20-13-21(27)25-22(24-20)18-3-2-10-23-14-18/h2-7,10,13-14,17H,8-9,11-12,15H2,1H3,(H,24,25,27). The van der Waals surface area contributed by atoms with Crippen molar-refractivity contribution in [2.45, 2.75) is 30.2 Å². The smallest absolute Gasteiger partial charge is 0.251 e. The summed E-state index contributed by atoms with van der Waals surface area (Å²) in [6.45, 7) is 3.02. The van der Waals surface area contributed by atoms with Gasteiger partial charge in [0, 0.05) is 41.4 Å². The van der Waals surface area contributed by atoms with E-state index in [-0.39, 0.29) is 5.56 Å². The summed E-state index contributed by atoms with van der Waals surface area (Å²) in [7, 11) is 0. The fourth-order valence-corrected chi connectivity index (χ4v) is 4.11. The third-order valence-corrected chi connectivity index (χ3v) is 6.01. The van der Waals surface area contributed by atoms with Crippen molar-refractivity contribution in [2.24, 2.45) is 0 Å². The van der Waals surface area contributed by atoms with Gasteiger partial charge < -0.3 is 4.98 Å². The first kappa shape index (κ1) is 18.9. The summed E-state index contributed by atoms with van der Waals surface area (Å²) < 4.78 is 0. The van der Waals surface area contributed by atoms with E-state index >= 15 is 0 Å². The van der Waals surface area contributed by atoms with Gasteiger partial charge in [-0.15, -0.1) is 11.8 Å². The Morgan fingerprint density at radius 3 is 2.64 bits per heavy atom. The molecular formula is C22H24N4OS. The molecule has 0 saturated carbocycles. The average Bonchev–Trinajstić information content (AvgIpc) is 2.75. The molecule has 1 fully saturated rings. The molecule has 0 atom stereocenters. The Hall–Kier alpha value is -2.44. The molecule has 5 nitrogen and oxygen atoms in total. The number of rotatable bonds is 5. The molecule has 144 valence electrons. The van der Waals surface area contributed by atoms with Crippen LogP contribution in [0.1, 0.15) is 30.0 Å². The van der Waals surface area contributed by atoms with Gasteiger partial charge in [0.15, 0.2) is 0 Å². The van der Waals surface area contributed by atoms with Crippen LogP contribution in [0.25, 0.3) is 11.4 Å². The number of H-pyrrole nitrogens is 1. The van der Waals surface area contributed by atoms with E-state index in [1.807, 2.05) is 12.1 Å². The minimum Gasteiger partial charge on any atom is -0.306 e. The fourth-order valence-electron chi connectivity index (χ4n) is 3.70. The molecule has 2 aromatic heterocycles. The van der Waals surface area contributed by atoms with Crippen molar-refractivity contribution in [1.82, 2.24) is 19.9 Å². The maximum Gasteiger partial charge on any atom is 0.251 e. The van der Waals surface area contributed by atoms with Gasteiger partial charge >= 0.3 is 0 Å². The third kappa shape index (κ3) is 4.51. The van der Waals surface area contributed by atoms with Crippen LogP contribution in [0.3, 0.4) is 0 Å². The number of benzene rings is 1. The van der Waals surface area contributed by atoms with Gasteiger partial charge in [0.25, 0.3) is 5.56 Å². The molecule has 6 heteroatoms. The van der Waals surface area contributed by atoms with Crippen molar-refractivity contribution < 1.29 is 0 Å². The molecule has 1 aromatic carbocycles. The van der Waals surface area contributed by atoms with E-state index in [2.05, 4.69) is 45.4 Å². The molecule has 0 aliphatic carbocycles. The predicted molar refractivity (Wildman–Crippen MR) is 114 cm³/mol. The minimum absolute atomic E-state index is 0.0971. The molecule has 0 unspecified atom stereocenters. The van der Waals surface area contributed by atoms with E-state index in [0.717, 1.165) is 43.7 Å². The molecule has 3 aromatic rings. The van der Waals surface area contributed by atoms with Crippen LogP contribution < -0.4 is 5.56 Å². The Morgan fingerprint density at radius 1 is 1.18 bits per heavy atom. The molecular weight excluding hydrogens is 368 g/mol. The lowest BCUT2D eigenvalue weighted by molar-refractivity contribution is 0.203. The summed E-state index contributed by atoms with van der Waals surface area (Å²) in [6.07, 6.45) is 7.59. The fraction of sp³-hybridized carbons (Fsp3) is 0.318. The van der Waals surface area contributed by atoms with Crippen molar-refractivity contribution >= 4 is 11.8 Å². The zero-order chi connectivity index (χ0) is 19.3. The topological polar surface area (TPSA) is 61.9 Å². The Bertz CT molecular complexity index is 964. The van der Waals surface area contributed by atoms with Crippen LogP contribution in [0.2, 0.25) is 0 Å². The molecule has 1 aliphatic rings. The highest BCUT2D eigenvalue weighted by Crippen LogP contribution is 2.28. The minimum atomic E-state index is -0.0971. The summed E-state index contributed by atoms with van der Waals surface area (Å²) in [6, 6.07) is 14.2. The van der Waals surface area contributed by atoms with E-state index in [4.69, 9.17) is 4.98 Å². The van der Waals surface area contributed by atoms with Crippen molar-refractivity contribution in [2.75, 3.05) is 19.3 Å².